The molecule has 1 aromatic heterocycles. The van der Waals surface area contributed by atoms with Gasteiger partial charge in [0, 0.05) is 36.9 Å². The highest BCUT2D eigenvalue weighted by Gasteiger charge is 2.17. The van der Waals surface area contributed by atoms with Crippen molar-refractivity contribution in [2.45, 2.75) is 19.4 Å². The van der Waals surface area contributed by atoms with Crippen molar-refractivity contribution >= 4 is 33.2 Å². The Morgan fingerprint density at radius 3 is 2.56 bits per heavy atom. The normalized spacial score (nSPS) is 11.1. The van der Waals surface area contributed by atoms with E-state index in [-0.39, 0.29) is 18.9 Å². The number of hydrogen-bond donors (Lipinski definition) is 1. The molecule has 0 saturated carbocycles. The Morgan fingerprint density at radius 1 is 1.24 bits per heavy atom. The van der Waals surface area contributed by atoms with Crippen LogP contribution in [0.25, 0.3) is 0 Å². The largest absolute Gasteiger partial charge is 0.352 e. The number of aromatic nitrogens is 1. The molecular weight excluding hydrogens is 362 g/mol. The monoisotopic (exact) mass is 381 g/mol. The van der Waals surface area contributed by atoms with Crippen LogP contribution in [0, 0.1) is 0 Å². The highest BCUT2D eigenvalue weighted by Crippen LogP contribution is 2.20. The third-order valence-corrected chi connectivity index (χ3v) is 4.94. The Balaban J connectivity index is 1.86. The quantitative estimate of drug-likeness (QED) is 0.762. The van der Waals surface area contributed by atoms with E-state index in [2.05, 4.69) is 10.3 Å². The molecule has 2 aromatic rings. The van der Waals surface area contributed by atoms with Crippen molar-refractivity contribution in [1.29, 1.82) is 0 Å². The summed E-state index contributed by atoms with van der Waals surface area (Å²) < 4.78 is 25.3. The van der Waals surface area contributed by atoms with E-state index < -0.39 is 10.0 Å². The number of carbonyl (C=O) groups is 1. The van der Waals surface area contributed by atoms with Gasteiger partial charge in [0.1, 0.15) is 0 Å². The second kappa shape index (κ2) is 8.82. The van der Waals surface area contributed by atoms with Gasteiger partial charge in [0.05, 0.1) is 11.9 Å². The molecule has 8 heteroatoms. The fourth-order valence-corrected chi connectivity index (χ4v) is 3.36. The molecule has 0 atom stereocenters. The van der Waals surface area contributed by atoms with Crippen LogP contribution >= 0.6 is 11.6 Å². The summed E-state index contributed by atoms with van der Waals surface area (Å²) in [4.78, 5) is 15.9. The van der Waals surface area contributed by atoms with Crippen LogP contribution in [0.5, 0.6) is 0 Å². The first-order valence-electron chi connectivity index (χ1n) is 7.75. The number of halogens is 1. The Kier molecular flexibility index (Phi) is 6.78. The number of sulfonamides is 1. The summed E-state index contributed by atoms with van der Waals surface area (Å²) in [5.41, 5.74) is 1.44. The van der Waals surface area contributed by atoms with Crippen LogP contribution in [0.3, 0.4) is 0 Å². The van der Waals surface area contributed by atoms with Crippen LogP contribution in [0.2, 0.25) is 5.02 Å². The number of pyridine rings is 1. The van der Waals surface area contributed by atoms with E-state index in [0.717, 1.165) is 11.8 Å². The lowest BCUT2D eigenvalue weighted by molar-refractivity contribution is -0.121. The molecule has 0 unspecified atom stereocenters. The number of nitrogens with one attached hydrogen (secondary N) is 1. The molecule has 25 heavy (non-hydrogen) atoms. The van der Waals surface area contributed by atoms with Crippen molar-refractivity contribution in [2.75, 3.05) is 17.1 Å². The molecule has 2 rings (SSSR count). The van der Waals surface area contributed by atoms with Crippen LogP contribution in [-0.4, -0.2) is 32.1 Å². The van der Waals surface area contributed by atoms with E-state index in [4.69, 9.17) is 11.6 Å². The highest BCUT2D eigenvalue weighted by atomic mass is 35.5. The molecule has 1 heterocycles. The van der Waals surface area contributed by atoms with Gasteiger partial charge in [-0.05, 0) is 42.3 Å². The molecule has 0 spiro atoms. The van der Waals surface area contributed by atoms with Gasteiger partial charge < -0.3 is 5.32 Å². The second-order valence-electron chi connectivity index (χ2n) is 5.55. The summed E-state index contributed by atoms with van der Waals surface area (Å²) in [6.07, 6.45) is 5.15. The lowest BCUT2D eigenvalue weighted by Crippen LogP contribution is -2.32. The standard InChI is InChI=1S/C17H20ClN3O3S/c1-25(23,24)21(16-8-6-15(18)7-9-16)11-3-5-17(22)20-13-14-4-2-10-19-12-14/h2,4,6-10,12H,3,5,11,13H2,1H3,(H,20,22). The lowest BCUT2D eigenvalue weighted by atomic mass is 10.2. The lowest BCUT2D eigenvalue weighted by Gasteiger charge is -2.22. The van der Waals surface area contributed by atoms with Crippen molar-refractivity contribution in [3.63, 3.8) is 0 Å². The molecular formula is C17H20ClN3O3S. The third-order valence-electron chi connectivity index (χ3n) is 3.49. The van der Waals surface area contributed by atoms with Gasteiger partial charge in [-0.1, -0.05) is 17.7 Å². The molecule has 0 fully saturated rings. The van der Waals surface area contributed by atoms with Gasteiger partial charge in [-0.15, -0.1) is 0 Å². The molecule has 0 saturated heterocycles. The summed E-state index contributed by atoms with van der Waals surface area (Å²) >= 11 is 5.84. The van der Waals surface area contributed by atoms with Crippen molar-refractivity contribution < 1.29 is 13.2 Å². The predicted octanol–water partition coefficient (Wildman–Crippen LogP) is 2.60. The molecule has 0 radical (unpaired) electrons. The van der Waals surface area contributed by atoms with E-state index in [9.17, 15) is 13.2 Å². The van der Waals surface area contributed by atoms with Gasteiger partial charge in [0.15, 0.2) is 0 Å². The molecule has 1 N–H and O–H groups in total. The topological polar surface area (TPSA) is 79.4 Å². The fraction of sp³-hybridized carbons (Fsp3) is 0.294. The van der Waals surface area contributed by atoms with Gasteiger partial charge in [-0.3, -0.25) is 14.1 Å². The van der Waals surface area contributed by atoms with Gasteiger partial charge in [0.2, 0.25) is 15.9 Å². The molecule has 0 aliphatic heterocycles. The van der Waals surface area contributed by atoms with E-state index in [1.54, 1.807) is 42.7 Å². The summed E-state index contributed by atoms with van der Waals surface area (Å²) in [6, 6.07) is 10.2. The van der Waals surface area contributed by atoms with E-state index in [1.807, 2.05) is 6.07 Å². The van der Waals surface area contributed by atoms with Gasteiger partial charge in [-0.2, -0.15) is 0 Å². The van der Waals surface area contributed by atoms with E-state index >= 15 is 0 Å². The summed E-state index contributed by atoms with van der Waals surface area (Å²) in [7, 11) is -3.43. The number of benzene rings is 1. The second-order valence-corrected chi connectivity index (χ2v) is 7.90. The Bertz CT molecular complexity index is 796. The van der Waals surface area contributed by atoms with Crippen LogP contribution in [0.4, 0.5) is 5.69 Å². The average molecular weight is 382 g/mol. The minimum atomic E-state index is -3.43. The Hall–Kier alpha value is -2.12. The SMILES string of the molecule is CS(=O)(=O)N(CCCC(=O)NCc1cccnc1)c1ccc(Cl)cc1. The van der Waals surface area contributed by atoms with Crippen molar-refractivity contribution in [2.24, 2.45) is 0 Å². The maximum Gasteiger partial charge on any atom is 0.232 e. The van der Waals surface area contributed by atoms with E-state index in [1.165, 1.54) is 4.31 Å². The smallest absolute Gasteiger partial charge is 0.232 e. The first-order valence-corrected chi connectivity index (χ1v) is 9.98. The zero-order chi connectivity index (χ0) is 18.3. The number of carbonyl (C=O) groups excluding carboxylic acids is 1. The minimum absolute atomic E-state index is 0.131. The summed E-state index contributed by atoms with van der Waals surface area (Å²) in [5.74, 6) is -0.131. The van der Waals surface area contributed by atoms with Gasteiger partial charge >= 0.3 is 0 Å². The third kappa shape index (κ3) is 6.36. The van der Waals surface area contributed by atoms with Gasteiger partial charge in [0.25, 0.3) is 0 Å². The molecule has 0 bridgehead atoms. The summed E-state index contributed by atoms with van der Waals surface area (Å²) in [6.45, 7) is 0.625. The van der Waals surface area contributed by atoms with Crippen LogP contribution < -0.4 is 9.62 Å². The number of hydrogen-bond acceptors (Lipinski definition) is 4. The molecule has 0 aliphatic carbocycles. The Morgan fingerprint density at radius 2 is 1.96 bits per heavy atom. The van der Waals surface area contributed by atoms with Crippen LogP contribution in [0.1, 0.15) is 18.4 Å². The van der Waals surface area contributed by atoms with Crippen molar-refractivity contribution in [3.8, 4) is 0 Å². The average Bonchev–Trinajstić information content (AvgIpc) is 2.58. The van der Waals surface area contributed by atoms with Crippen molar-refractivity contribution in [1.82, 2.24) is 10.3 Å². The van der Waals surface area contributed by atoms with Crippen LogP contribution in [-0.2, 0) is 21.4 Å². The highest BCUT2D eigenvalue weighted by molar-refractivity contribution is 7.92. The van der Waals surface area contributed by atoms with E-state index in [0.29, 0.717) is 23.7 Å². The zero-order valence-electron chi connectivity index (χ0n) is 13.9. The summed E-state index contributed by atoms with van der Waals surface area (Å²) in [5, 5.41) is 3.33. The molecule has 1 aromatic carbocycles. The first kappa shape index (κ1) is 19.2. The maximum atomic E-state index is 12.0. The minimum Gasteiger partial charge on any atom is -0.352 e. The molecule has 1 amide bonds. The van der Waals surface area contributed by atoms with Crippen molar-refractivity contribution in [3.05, 3.63) is 59.4 Å². The zero-order valence-corrected chi connectivity index (χ0v) is 15.4. The predicted molar refractivity (Wildman–Crippen MR) is 99.0 cm³/mol. The molecule has 0 aliphatic rings. The van der Waals surface area contributed by atoms with Gasteiger partial charge in [-0.25, -0.2) is 8.42 Å². The molecule has 6 nitrogen and oxygen atoms in total. The molecule has 134 valence electrons. The number of anilines is 1. The van der Waals surface area contributed by atoms with Crippen LogP contribution in [0.15, 0.2) is 48.8 Å². The number of nitrogens with zero attached hydrogens (tertiary/aromatic N) is 2. The Labute approximate surface area is 152 Å². The first-order chi connectivity index (χ1) is 11.9. The maximum absolute atomic E-state index is 12.0. The number of rotatable bonds is 8. The fourth-order valence-electron chi connectivity index (χ4n) is 2.27. The number of amides is 1.